The van der Waals surface area contributed by atoms with Crippen LogP contribution in [-0.4, -0.2) is 53.6 Å². The average molecular weight is 466 g/mol. The number of hydrogen-bond donors (Lipinski definition) is 3. The molecule has 1 unspecified atom stereocenters. The number of fused-ring (bicyclic) bond motifs is 3. The fraction of sp³-hybridized carbons (Fsp3) is 0.261. The van der Waals surface area contributed by atoms with Crippen molar-refractivity contribution < 1.29 is 18.1 Å². The monoisotopic (exact) mass is 465 g/mol. The van der Waals surface area contributed by atoms with E-state index in [4.69, 9.17) is 4.11 Å². The third kappa shape index (κ3) is 3.85. The van der Waals surface area contributed by atoms with E-state index in [2.05, 4.69) is 25.8 Å². The number of nitrogens with one attached hydrogen (secondary N) is 3. The van der Waals surface area contributed by atoms with Gasteiger partial charge >= 0.3 is 0 Å². The van der Waals surface area contributed by atoms with Gasteiger partial charge in [0.15, 0.2) is 11.5 Å². The van der Waals surface area contributed by atoms with Crippen molar-refractivity contribution in [3.63, 3.8) is 0 Å². The Balaban J connectivity index is 1.54. The summed E-state index contributed by atoms with van der Waals surface area (Å²) in [6.45, 7) is -2.09. The van der Waals surface area contributed by atoms with Crippen LogP contribution in [0.5, 0.6) is 0 Å². The van der Waals surface area contributed by atoms with Crippen LogP contribution in [0.25, 0.3) is 0 Å². The van der Waals surface area contributed by atoms with Gasteiger partial charge in [0.25, 0.3) is 5.91 Å². The Morgan fingerprint density at radius 2 is 2.06 bits per heavy atom. The zero-order chi connectivity index (χ0) is 26.3. The molecule has 2 aromatic heterocycles. The molecule has 0 spiro atoms. The van der Waals surface area contributed by atoms with Crippen LogP contribution in [0.2, 0.25) is 0 Å². The van der Waals surface area contributed by atoms with Crippen molar-refractivity contribution in [3.05, 3.63) is 54.1 Å². The van der Waals surface area contributed by atoms with Crippen LogP contribution in [0.15, 0.2) is 42.6 Å². The van der Waals surface area contributed by atoms with Gasteiger partial charge in [0.1, 0.15) is 11.6 Å². The normalized spacial score (nSPS) is 18.4. The summed E-state index contributed by atoms with van der Waals surface area (Å²) in [5, 5.41) is 15.9. The molecule has 34 heavy (non-hydrogen) atoms. The SMILES string of the molecule is [2H]C([2H])([2H])NC(=O)c1nnc(Nc2ccc(F)cn2)cc1Nc1cccc2c1N(C)CC1CCC(=O)N21. The smallest absolute Gasteiger partial charge is 0.273 e. The van der Waals surface area contributed by atoms with Gasteiger partial charge in [-0.3, -0.25) is 9.59 Å². The Labute approximate surface area is 199 Å². The molecule has 1 aromatic carbocycles. The van der Waals surface area contributed by atoms with E-state index in [0.717, 1.165) is 24.0 Å². The highest BCUT2D eigenvalue weighted by atomic mass is 19.1. The number of nitrogens with zero attached hydrogens (tertiary/aromatic N) is 5. The number of pyridine rings is 1. The lowest BCUT2D eigenvalue weighted by atomic mass is 10.1. The van der Waals surface area contributed by atoms with Crippen molar-refractivity contribution in [3.8, 4) is 0 Å². The Morgan fingerprint density at radius 1 is 1.18 bits per heavy atom. The van der Waals surface area contributed by atoms with Gasteiger partial charge < -0.3 is 25.8 Å². The Bertz CT molecular complexity index is 1370. The number of likely N-dealkylation sites (N-methyl/N-ethyl adjacent to an activating group) is 1. The molecule has 3 N–H and O–H groups in total. The number of carbonyl (C=O) groups excluding carboxylic acids is 2. The predicted molar refractivity (Wildman–Crippen MR) is 126 cm³/mol. The van der Waals surface area contributed by atoms with Gasteiger partial charge in [-0.1, -0.05) is 6.07 Å². The lowest BCUT2D eigenvalue weighted by Gasteiger charge is -2.39. The summed E-state index contributed by atoms with van der Waals surface area (Å²) < 4.78 is 35.4. The molecule has 0 radical (unpaired) electrons. The highest BCUT2D eigenvalue weighted by Gasteiger charge is 2.39. The lowest BCUT2D eigenvalue weighted by molar-refractivity contribution is -0.117. The first-order chi connectivity index (χ1) is 17.6. The van der Waals surface area contributed by atoms with Gasteiger partial charge in [-0.25, -0.2) is 9.37 Å². The van der Waals surface area contributed by atoms with Crippen molar-refractivity contribution in [1.29, 1.82) is 0 Å². The summed E-state index contributed by atoms with van der Waals surface area (Å²) in [4.78, 5) is 33.1. The molecule has 1 fully saturated rings. The van der Waals surface area contributed by atoms with E-state index in [1.807, 2.05) is 23.3 Å². The van der Waals surface area contributed by atoms with Crippen LogP contribution in [0.1, 0.15) is 27.4 Å². The maximum atomic E-state index is 13.2. The number of aromatic nitrogens is 3. The summed E-state index contributed by atoms with van der Waals surface area (Å²) in [6.07, 6.45) is 2.29. The summed E-state index contributed by atoms with van der Waals surface area (Å²) in [6, 6.07) is 9.63. The molecule has 0 bridgehead atoms. The summed E-state index contributed by atoms with van der Waals surface area (Å²) >= 11 is 0. The molecule has 2 aliphatic rings. The van der Waals surface area contributed by atoms with Crippen molar-refractivity contribution in [1.82, 2.24) is 20.5 Å². The van der Waals surface area contributed by atoms with Crippen molar-refractivity contribution in [2.24, 2.45) is 0 Å². The minimum absolute atomic E-state index is 0.0538. The molecule has 0 aliphatic carbocycles. The maximum Gasteiger partial charge on any atom is 0.273 e. The number of benzene rings is 1. The number of rotatable bonds is 5. The highest BCUT2D eigenvalue weighted by Crippen LogP contribution is 2.44. The zero-order valence-corrected chi connectivity index (χ0v) is 18.2. The number of hydrogen-bond acceptors (Lipinski definition) is 8. The Morgan fingerprint density at radius 3 is 2.85 bits per heavy atom. The molecule has 0 saturated carbocycles. The molecular formula is C23H23FN8O2. The first-order valence-corrected chi connectivity index (χ1v) is 10.6. The second-order valence-corrected chi connectivity index (χ2v) is 8.07. The number of anilines is 6. The largest absolute Gasteiger partial charge is 0.369 e. The number of para-hydroxylation sites is 1. The Kier molecular flexibility index (Phi) is 4.59. The van der Waals surface area contributed by atoms with Gasteiger partial charge in [-0.2, -0.15) is 0 Å². The minimum atomic E-state index is -2.73. The highest BCUT2D eigenvalue weighted by molar-refractivity contribution is 6.04. The number of carbonyl (C=O) groups is 2. The predicted octanol–water partition coefficient (Wildman–Crippen LogP) is 2.80. The van der Waals surface area contributed by atoms with E-state index in [0.29, 0.717) is 18.7 Å². The minimum Gasteiger partial charge on any atom is -0.369 e. The topological polar surface area (TPSA) is 115 Å². The van der Waals surface area contributed by atoms with Crippen LogP contribution in [0, 0.1) is 5.82 Å². The molecular weight excluding hydrogens is 439 g/mol. The Hall–Kier alpha value is -4.28. The first-order valence-electron chi connectivity index (χ1n) is 12.1. The molecule has 11 heteroatoms. The number of amides is 2. The van der Waals surface area contributed by atoms with Gasteiger partial charge in [-0.05, 0) is 30.7 Å². The van der Waals surface area contributed by atoms with Gasteiger partial charge in [-0.15, -0.1) is 10.2 Å². The zero-order valence-electron chi connectivity index (χ0n) is 21.2. The standard InChI is InChI=1S/C23H23FN8O2/c1-25-23(34)21-16(10-19(29-30-21)28-18-8-6-13(24)11-26-18)27-15-4-3-5-17-22(15)31(2)12-14-7-9-20(33)32(14)17/h3-6,8,10-11,14H,7,9,12H2,1-2H3,(H,25,34)(H2,26,27,28,29)/i1D3. The fourth-order valence-corrected chi connectivity index (χ4v) is 4.38. The quantitative estimate of drug-likeness (QED) is 0.527. The van der Waals surface area contributed by atoms with Crippen molar-refractivity contribution in [2.75, 3.05) is 41.0 Å². The van der Waals surface area contributed by atoms with Gasteiger partial charge in [0.2, 0.25) is 5.91 Å². The maximum absolute atomic E-state index is 13.2. The molecule has 10 nitrogen and oxygen atoms in total. The van der Waals surface area contributed by atoms with E-state index < -0.39 is 18.7 Å². The molecule has 2 amide bonds. The van der Waals surface area contributed by atoms with E-state index in [1.165, 1.54) is 18.2 Å². The van der Waals surface area contributed by atoms with Crippen molar-refractivity contribution in [2.45, 2.75) is 18.9 Å². The molecule has 2 aliphatic heterocycles. The van der Waals surface area contributed by atoms with Gasteiger partial charge in [0, 0.05) is 37.2 Å². The third-order valence-corrected chi connectivity index (χ3v) is 5.84. The van der Waals surface area contributed by atoms with Crippen LogP contribution >= 0.6 is 0 Å². The van der Waals surface area contributed by atoms with Crippen LogP contribution in [-0.2, 0) is 4.79 Å². The van der Waals surface area contributed by atoms with Crippen LogP contribution in [0.4, 0.5) is 38.8 Å². The lowest BCUT2D eigenvalue weighted by Crippen LogP contribution is -2.46. The van der Waals surface area contributed by atoms with E-state index in [9.17, 15) is 14.0 Å². The first kappa shape index (κ1) is 18.2. The summed E-state index contributed by atoms with van der Waals surface area (Å²) in [5.41, 5.74) is 2.00. The van der Waals surface area contributed by atoms with Crippen molar-refractivity contribution >= 4 is 46.2 Å². The van der Waals surface area contributed by atoms with E-state index in [1.54, 1.807) is 17.0 Å². The third-order valence-electron chi connectivity index (χ3n) is 5.84. The average Bonchev–Trinajstić information content (AvgIpc) is 3.20. The molecule has 1 atom stereocenters. The van der Waals surface area contributed by atoms with Gasteiger partial charge in [0.05, 0.1) is 35.0 Å². The molecule has 174 valence electrons. The fourth-order valence-electron chi connectivity index (χ4n) is 4.38. The second kappa shape index (κ2) is 8.58. The molecule has 3 aromatic rings. The molecule has 1 saturated heterocycles. The van der Waals surface area contributed by atoms with E-state index in [-0.39, 0.29) is 35.0 Å². The molecule has 5 rings (SSSR count). The summed E-state index contributed by atoms with van der Waals surface area (Å²) in [5.74, 6) is -0.934. The molecule has 4 heterocycles. The summed E-state index contributed by atoms with van der Waals surface area (Å²) in [7, 11) is 1.92. The second-order valence-electron chi connectivity index (χ2n) is 8.07. The number of halogens is 1. The van der Waals surface area contributed by atoms with Crippen LogP contribution in [0.3, 0.4) is 0 Å². The van der Waals surface area contributed by atoms with Crippen LogP contribution < -0.4 is 25.8 Å². The van der Waals surface area contributed by atoms with E-state index >= 15 is 0 Å².